The van der Waals surface area contributed by atoms with Crippen LogP contribution in [0.25, 0.3) is 66.8 Å². The van der Waals surface area contributed by atoms with Gasteiger partial charge in [0.05, 0.1) is 11.4 Å². The molecule has 0 saturated heterocycles. The Morgan fingerprint density at radius 3 is 1.30 bits per heavy atom. The third kappa shape index (κ3) is 5.99. The van der Waals surface area contributed by atoms with Crippen LogP contribution in [0.1, 0.15) is 49.9 Å². The van der Waals surface area contributed by atoms with Crippen LogP contribution in [0, 0.1) is 0 Å². The molecular formula is C60H47N. The van der Waals surface area contributed by atoms with E-state index in [9.17, 15) is 0 Å². The summed E-state index contributed by atoms with van der Waals surface area (Å²) in [5, 5.41) is 0. The van der Waals surface area contributed by atoms with Crippen LogP contribution < -0.4 is 4.90 Å². The number of hydrogen-bond acceptors (Lipinski definition) is 1. The number of benzene rings is 9. The van der Waals surface area contributed by atoms with Gasteiger partial charge < -0.3 is 4.90 Å². The van der Waals surface area contributed by atoms with Crippen molar-refractivity contribution in [1.82, 2.24) is 0 Å². The number of fused-ring (bicyclic) bond motifs is 6. The molecule has 2 aliphatic carbocycles. The Morgan fingerprint density at radius 2 is 0.672 bits per heavy atom. The summed E-state index contributed by atoms with van der Waals surface area (Å²) in [5.41, 5.74) is 23.3. The second-order valence-corrected chi connectivity index (χ2v) is 17.7. The first-order chi connectivity index (χ1) is 29.8. The topological polar surface area (TPSA) is 3.24 Å². The van der Waals surface area contributed by atoms with Gasteiger partial charge >= 0.3 is 0 Å². The van der Waals surface area contributed by atoms with E-state index in [1.807, 2.05) is 0 Å². The summed E-state index contributed by atoms with van der Waals surface area (Å²) in [5.74, 6) is 0. The van der Waals surface area contributed by atoms with Crippen molar-refractivity contribution in [2.45, 2.75) is 38.5 Å². The molecule has 0 unspecified atom stereocenters. The van der Waals surface area contributed by atoms with Crippen LogP contribution in [0.2, 0.25) is 0 Å². The Kier molecular flexibility index (Phi) is 8.58. The van der Waals surface area contributed by atoms with E-state index in [4.69, 9.17) is 0 Å². The van der Waals surface area contributed by atoms with Gasteiger partial charge in [0, 0.05) is 27.6 Å². The van der Waals surface area contributed by atoms with Crippen molar-refractivity contribution < 1.29 is 0 Å². The van der Waals surface area contributed by atoms with Crippen LogP contribution in [0.3, 0.4) is 0 Å². The van der Waals surface area contributed by atoms with Crippen molar-refractivity contribution >= 4 is 17.1 Å². The van der Waals surface area contributed by atoms with Crippen LogP contribution in [0.5, 0.6) is 0 Å². The smallest absolute Gasteiger partial charge is 0.0546 e. The summed E-state index contributed by atoms with van der Waals surface area (Å²) in [6.45, 7) is 9.54. The first-order valence-corrected chi connectivity index (χ1v) is 21.5. The third-order valence-corrected chi connectivity index (χ3v) is 13.5. The van der Waals surface area contributed by atoms with E-state index in [1.165, 1.54) is 89.0 Å². The zero-order valence-electron chi connectivity index (χ0n) is 35.2. The van der Waals surface area contributed by atoms with Crippen LogP contribution in [-0.4, -0.2) is 0 Å². The van der Waals surface area contributed by atoms with E-state index in [1.54, 1.807) is 0 Å². The highest BCUT2D eigenvalue weighted by molar-refractivity contribution is 5.99. The fourth-order valence-corrected chi connectivity index (χ4v) is 10.3. The van der Waals surface area contributed by atoms with Crippen LogP contribution in [-0.2, 0) is 10.8 Å². The molecule has 61 heavy (non-hydrogen) atoms. The molecular weight excluding hydrogens is 735 g/mol. The lowest BCUT2D eigenvalue weighted by molar-refractivity contribution is 0.660. The van der Waals surface area contributed by atoms with Crippen LogP contribution >= 0.6 is 0 Å². The summed E-state index contributed by atoms with van der Waals surface area (Å²) < 4.78 is 0. The lowest BCUT2D eigenvalue weighted by Crippen LogP contribution is -2.19. The molecule has 2 aliphatic rings. The molecule has 0 spiro atoms. The van der Waals surface area contributed by atoms with E-state index < -0.39 is 0 Å². The van der Waals surface area contributed by atoms with Gasteiger partial charge in [0.1, 0.15) is 0 Å². The van der Waals surface area contributed by atoms with Gasteiger partial charge in [-0.05, 0) is 108 Å². The van der Waals surface area contributed by atoms with E-state index in [0.29, 0.717) is 0 Å². The van der Waals surface area contributed by atoms with Crippen molar-refractivity contribution in [3.63, 3.8) is 0 Å². The molecule has 1 heteroatoms. The molecule has 11 rings (SSSR count). The minimum atomic E-state index is -0.197. The quantitative estimate of drug-likeness (QED) is 0.156. The second-order valence-electron chi connectivity index (χ2n) is 17.7. The second kappa shape index (κ2) is 14.2. The molecule has 0 fully saturated rings. The van der Waals surface area contributed by atoms with Crippen LogP contribution in [0.15, 0.2) is 212 Å². The first kappa shape index (κ1) is 36.8. The SMILES string of the molecule is CC1(C)c2ccccc2-c2ccc(N(c3cc(-c4ccccc4)ccc3-c3ccccc3)c3cc4c(cc3-c3ccc(-c5ccccc5)cc3)-c3ccccc3C4(C)C)cc21. The zero-order valence-corrected chi connectivity index (χ0v) is 35.2. The molecule has 9 aromatic rings. The Balaban J connectivity index is 1.23. The third-order valence-electron chi connectivity index (χ3n) is 13.5. The van der Waals surface area contributed by atoms with Gasteiger partial charge in [-0.3, -0.25) is 0 Å². The molecule has 0 atom stereocenters. The zero-order chi connectivity index (χ0) is 41.3. The van der Waals surface area contributed by atoms with Gasteiger partial charge in [-0.2, -0.15) is 0 Å². The maximum absolute atomic E-state index is 2.58. The van der Waals surface area contributed by atoms with Crippen LogP contribution in [0.4, 0.5) is 17.1 Å². The Labute approximate surface area is 360 Å². The summed E-state index contributed by atoms with van der Waals surface area (Å²) in [6, 6.07) is 78.8. The molecule has 0 N–H and O–H groups in total. The van der Waals surface area contributed by atoms with E-state index in [-0.39, 0.29) is 10.8 Å². The van der Waals surface area contributed by atoms with Crippen molar-refractivity contribution in [1.29, 1.82) is 0 Å². The highest BCUT2D eigenvalue weighted by Crippen LogP contribution is 2.56. The highest BCUT2D eigenvalue weighted by atomic mass is 15.1. The number of hydrogen-bond donors (Lipinski definition) is 0. The maximum Gasteiger partial charge on any atom is 0.0546 e. The summed E-state index contributed by atoms with van der Waals surface area (Å²) in [4.78, 5) is 2.58. The molecule has 292 valence electrons. The predicted octanol–water partition coefficient (Wildman–Crippen LogP) is 16.4. The van der Waals surface area contributed by atoms with Gasteiger partial charge in [-0.25, -0.2) is 0 Å². The van der Waals surface area contributed by atoms with Crippen molar-refractivity contribution in [3.05, 3.63) is 235 Å². The maximum atomic E-state index is 2.58. The largest absolute Gasteiger partial charge is 0.309 e. The number of rotatable bonds is 7. The predicted molar refractivity (Wildman–Crippen MR) is 258 cm³/mol. The molecule has 1 nitrogen and oxygen atoms in total. The average molecular weight is 782 g/mol. The summed E-state index contributed by atoms with van der Waals surface area (Å²) in [6.07, 6.45) is 0. The van der Waals surface area contributed by atoms with Gasteiger partial charge in [0.25, 0.3) is 0 Å². The Morgan fingerprint density at radius 1 is 0.262 bits per heavy atom. The van der Waals surface area contributed by atoms with Gasteiger partial charge in [-0.15, -0.1) is 0 Å². The lowest BCUT2D eigenvalue weighted by Gasteiger charge is -2.33. The summed E-state index contributed by atoms with van der Waals surface area (Å²) in [7, 11) is 0. The number of anilines is 3. The fourth-order valence-electron chi connectivity index (χ4n) is 10.3. The van der Waals surface area contributed by atoms with Gasteiger partial charge in [0.2, 0.25) is 0 Å². The Bertz CT molecular complexity index is 3100. The van der Waals surface area contributed by atoms with Gasteiger partial charge in [-0.1, -0.05) is 210 Å². The normalized spacial score (nSPS) is 13.8. The minimum Gasteiger partial charge on any atom is -0.309 e. The number of nitrogens with zero attached hydrogens (tertiary/aromatic N) is 1. The lowest BCUT2D eigenvalue weighted by atomic mass is 9.81. The average Bonchev–Trinajstić information content (AvgIpc) is 3.68. The van der Waals surface area contributed by atoms with Crippen molar-refractivity contribution in [3.8, 4) is 66.8 Å². The van der Waals surface area contributed by atoms with Crippen molar-refractivity contribution in [2.75, 3.05) is 4.90 Å². The molecule has 9 aromatic carbocycles. The minimum absolute atomic E-state index is 0.167. The van der Waals surface area contributed by atoms with E-state index in [0.717, 1.165) is 17.1 Å². The monoisotopic (exact) mass is 781 g/mol. The molecule has 0 aliphatic heterocycles. The molecule has 0 heterocycles. The Hall–Kier alpha value is -7.22. The van der Waals surface area contributed by atoms with Crippen molar-refractivity contribution in [2.24, 2.45) is 0 Å². The molecule has 0 radical (unpaired) electrons. The fraction of sp³-hybridized carbons (Fsp3) is 0.100. The summed E-state index contributed by atoms with van der Waals surface area (Å²) >= 11 is 0. The van der Waals surface area contributed by atoms with E-state index in [2.05, 4.69) is 245 Å². The first-order valence-electron chi connectivity index (χ1n) is 21.5. The standard InChI is InChI=1S/C60H47N/c1-59(2)53-26-16-14-24-48(53)50-35-33-46(37-55(50)59)61(57-36-45(41-20-10-6-11-21-41)32-34-47(57)43-22-12-7-13-23-43)58-39-56-52(49-25-15-17-27-54(49)60(56,3)4)38-51(58)44-30-28-42(29-31-44)40-18-8-5-9-19-40/h5-39H,1-4H3. The molecule has 0 aromatic heterocycles. The highest BCUT2D eigenvalue weighted by Gasteiger charge is 2.39. The molecule has 0 saturated carbocycles. The molecule has 0 amide bonds. The van der Waals surface area contributed by atoms with E-state index >= 15 is 0 Å². The molecule has 0 bridgehead atoms. The van der Waals surface area contributed by atoms with Gasteiger partial charge in [0.15, 0.2) is 0 Å².